The van der Waals surface area contributed by atoms with Gasteiger partial charge in [-0.25, -0.2) is 0 Å². The Morgan fingerprint density at radius 3 is 2.37 bits per heavy atom. The van der Waals surface area contributed by atoms with Gasteiger partial charge in [0, 0.05) is 6.54 Å². The number of benzene rings is 1. The Balaban J connectivity index is 2.77. The molecule has 0 radical (unpaired) electrons. The van der Waals surface area contributed by atoms with E-state index in [4.69, 9.17) is 14.9 Å². The van der Waals surface area contributed by atoms with Gasteiger partial charge in [-0.05, 0) is 38.4 Å². The van der Waals surface area contributed by atoms with Crippen molar-refractivity contribution < 1.29 is 14.9 Å². The van der Waals surface area contributed by atoms with Crippen LogP contribution in [0.25, 0.3) is 0 Å². The van der Waals surface area contributed by atoms with Crippen molar-refractivity contribution in [3.8, 4) is 5.75 Å². The molecule has 0 aliphatic carbocycles. The Morgan fingerprint density at radius 1 is 1.21 bits per heavy atom. The molecule has 0 aliphatic rings. The molecule has 0 saturated carbocycles. The maximum atomic E-state index is 9.16. The van der Waals surface area contributed by atoms with Crippen LogP contribution in [0.5, 0.6) is 5.75 Å². The Morgan fingerprint density at radius 2 is 1.84 bits per heavy atom. The van der Waals surface area contributed by atoms with Crippen LogP contribution in [0.4, 0.5) is 0 Å². The van der Waals surface area contributed by atoms with Crippen LogP contribution in [0.2, 0.25) is 0 Å². The summed E-state index contributed by atoms with van der Waals surface area (Å²) >= 11 is 0. The van der Waals surface area contributed by atoms with Gasteiger partial charge in [0.1, 0.15) is 5.75 Å². The van der Waals surface area contributed by atoms with E-state index in [9.17, 15) is 0 Å². The maximum absolute atomic E-state index is 9.16. The zero-order valence-electron chi connectivity index (χ0n) is 12.3. The molecule has 0 heterocycles. The third-order valence-corrected chi connectivity index (χ3v) is 3.48. The normalized spacial score (nSPS) is 11.4. The molecule has 4 heteroatoms. The van der Waals surface area contributed by atoms with Gasteiger partial charge >= 0.3 is 0 Å². The molecule has 0 amide bonds. The van der Waals surface area contributed by atoms with Crippen molar-refractivity contribution in [3.63, 3.8) is 0 Å². The quantitative estimate of drug-likeness (QED) is 0.778. The van der Waals surface area contributed by atoms with Crippen molar-refractivity contribution in [2.45, 2.75) is 26.3 Å². The lowest BCUT2D eigenvalue weighted by molar-refractivity contribution is 0.0924. The van der Waals surface area contributed by atoms with Gasteiger partial charge in [-0.2, -0.15) is 0 Å². The van der Waals surface area contributed by atoms with Crippen molar-refractivity contribution in [1.82, 2.24) is 4.90 Å². The maximum Gasteiger partial charge on any atom is 0.125 e. The zero-order chi connectivity index (χ0) is 14.4. The fraction of sp³-hybridized carbons (Fsp3) is 0.600. The summed E-state index contributed by atoms with van der Waals surface area (Å²) in [5, 5.41) is 18.3. The van der Waals surface area contributed by atoms with E-state index in [1.54, 1.807) is 7.11 Å². The molecule has 1 aromatic rings. The average molecular weight is 267 g/mol. The van der Waals surface area contributed by atoms with Crippen LogP contribution in [-0.4, -0.2) is 55.1 Å². The van der Waals surface area contributed by atoms with Crippen LogP contribution in [0.15, 0.2) is 12.1 Å². The van der Waals surface area contributed by atoms with Gasteiger partial charge in [0.15, 0.2) is 0 Å². The molecule has 0 fully saturated rings. The van der Waals surface area contributed by atoms with E-state index in [1.807, 2.05) is 18.9 Å². The molecule has 0 spiro atoms. The predicted octanol–water partition coefficient (Wildman–Crippen LogP) is 1.14. The van der Waals surface area contributed by atoms with Crippen molar-refractivity contribution in [2.75, 3.05) is 33.9 Å². The summed E-state index contributed by atoms with van der Waals surface area (Å²) < 4.78 is 5.46. The van der Waals surface area contributed by atoms with Gasteiger partial charge in [-0.15, -0.1) is 0 Å². The monoisotopic (exact) mass is 267 g/mol. The van der Waals surface area contributed by atoms with Crippen LogP contribution in [0, 0.1) is 13.8 Å². The summed E-state index contributed by atoms with van der Waals surface area (Å²) in [5.74, 6) is 0.934. The lowest BCUT2D eigenvalue weighted by atomic mass is 10.0. The minimum Gasteiger partial charge on any atom is -0.496 e. The molecule has 4 nitrogen and oxygen atoms in total. The number of aryl methyl sites for hydroxylation is 2. The molecular weight excluding hydrogens is 242 g/mol. The number of ether oxygens (including phenoxy) is 1. The van der Waals surface area contributed by atoms with Gasteiger partial charge in [-0.1, -0.05) is 17.7 Å². The largest absolute Gasteiger partial charge is 0.496 e. The number of aliphatic hydroxyl groups is 2. The molecule has 0 aromatic heterocycles. The molecule has 0 atom stereocenters. The molecule has 1 rings (SSSR count). The van der Waals surface area contributed by atoms with Crippen molar-refractivity contribution in [3.05, 3.63) is 28.8 Å². The van der Waals surface area contributed by atoms with E-state index in [-0.39, 0.29) is 19.3 Å². The molecule has 1 aromatic carbocycles. The van der Waals surface area contributed by atoms with Crippen molar-refractivity contribution in [1.29, 1.82) is 0 Å². The van der Waals surface area contributed by atoms with E-state index < -0.39 is 0 Å². The average Bonchev–Trinajstić information content (AvgIpc) is 2.37. The molecule has 0 unspecified atom stereocenters. The van der Waals surface area contributed by atoms with Gasteiger partial charge in [-0.3, -0.25) is 4.90 Å². The first-order valence-corrected chi connectivity index (χ1v) is 6.59. The summed E-state index contributed by atoms with van der Waals surface area (Å²) in [5.41, 5.74) is 3.53. The highest BCUT2D eigenvalue weighted by Crippen LogP contribution is 2.25. The zero-order valence-corrected chi connectivity index (χ0v) is 12.3. The fourth-order valence-electron chi connectivity index (χ4n) is 2.34. The highest BCUT2D eigenvalue weighted by Gasteiger charge is 2.14. The first kappa shape index (κ1) is 16.0. The fourth-order valence-corrected chi connectivity index (χ4v) is 2.34. The number of nitrogens with zero attached hydrogens (tertiary/aromatic N) is 1. The van der Waals surface area contributed by atoms with Crippen LogP contribution in [0.3, 0.4) is 0 Å². The molecule has 19 heavy (non-hydrogen) atoms. The molecule has 0 saturated heterocycles. The summed E-state index contributed by atoms with van der Waals surface area (Å²) in [4.78, 5) is 1.97. The smallest absolute Gasteiger partial charge is 0.125 e. The van der Waals surface area contributed by atoms with Gasteiger partial charge in [0.25, 0.3) is 0 Å². The molecule has 2 N–H and O–H groups in total. The van der Waals surface area contributed by atoms with Crippen molar-refractivity contribution >= 4 is 0 Å². The van der Waals surface area contributed by atoms with E-state index in [2.05, 4.69) is 19.1 Å². The summed E-state index contributed by atoms with van der Waals surface area (Å²) in [7, 11) is 3.60. The third-order valence-electron chi connectivity index (χ3n) is 3.48. The number of rotatable bonds is 7. The first-order chi connectivity index (χ1) is 9.03. The van der Waals surface area contributed by atoms with Crippen molar-refractivity contribution in [2.24, 2.45) is 0 Å². The number of hydrogen-bond acceptors (Lipinski definition) is 4. The molecular formula is C15H25NO3. The second kappa shape index (κ2) is 7.48. The van der Waals surface area contributed by atoms with E-state index in [0.29, 0.717) is 0 Å². The second-order valence-electron chi connectivity index (χ2n) is 5.02. The minimum atomic E-state index is -0.197. The number of hydrogen-bond donors (Lipinski definition) is 2. The van der Waals surface area contributed by atoms with Crippen LogP contribution in [-0.2, 0) is 6.42 Å². The van der Waals surface area contributed by atoms with E-state index in [1.165, 1.54) is 11.1 Å². The van der Waals surface area contributed by atoms with Gasteiger partial charge in [0.05, 0.1) is 26.4 Å². The Hall–Kier alpha value is -1.10. The van der Waals surface area contributed by atoms with E-state index in [0.717, 1.165) is 24.3 Å². The topological polar surface area (TPSA) is 52.9 Å². The SMILES string of the molecule is COc1c(C)cc(C)cc1CCN(C)C(CO)CO. The molecule has 108 valence electrons. The second-order valence-corrected chi connectivity index (χ2v) is 5.02. The molecule has 0 bridgehead atoms. The minimum absolute atomic E-state index is 0.0308. The predicted molar refractivity (Wildman–Crippen MR) is 76.8 cm³/mol. The number of methoxy groups -OCH3 is 1. The Labute approximate surface area is 115 Å². The summed E-state index contributed by atoms with van der Waals surface area (Å²) in [6, 6.07) is 4.04. The van der Waals surface area contributed by atoms with Crippen LogP contribution in [0.1, 0.15) is 16.7 Å². The standard InChI is InChI=1S/C15H25NO3/c1-11-7-12(2)15(19-4)13(8-11)5-6-16(3)14(9-17)10-18/h7-8,14,17-18H,5-6,9-10H2,1-4H3. The highest BCUT2D eigenvalue weighted by molar-refractivity contribution is 5.43. The third kappa shape index (κ3) is 4.20. The van der Waals surface area contributed by atoms with Gasteiger partial charge < -0.3 is 14.9 Å². The van der Waals surface area contributed by atoms with Gasteiger partial charge in [0.2, 0.25) is 0 Å². The molecule has 0 aliphatic heterocycles. The first-order valence-electron chi connectivity index (χ1n) is 6.59. The number of aliphatic hydroxyl groups excluding tert-OH is 2. The highest BCUT2D eigenvalue weighted by atomic mass is 16.5. The van der Waals surface area contributed by atoms with Crippen LogP contribution >= 0.6 is 0 Å². The Kier molecular flexibility index (Phi) is 6.28. The lowest BCUT2D eigenvalue weighted by Gasteiger charge is -2.25. The number of likely N-dealkylation sites (N-methyl/N-ethyl adjacent to an activating group) is 1. The summed E-state index contributed by atoms with van der Waals surface area (Å²) in [6.45, 7) is 4.83. The van der Waals surface area contributed by atoms with Crippen LogP contribution < -0.4 is 4.74 Å². The van der Waals surface area contributed by atoms with E-state index >= 15 is 0 Å². The summed E-state index contributed by atoms with van der Waals surface area (Å²) in [6.07, 6.45) is 0.832. The lowest BCUT2D eigenvalue weighted by Crippen LogP contribution is -2.38. The Bertz CT molecular complexity index is 403.